The van der Waals surface area contributed by atoms with Crippen LogP contribution in [0.4, 0.5) is 4.79 Å². The van der Waals surface area contributed by atoms with Gasteiger partial charge < -0.3 is 10.1 Å². The smallest absolute Gasteiger partial charge is 0.335 e. The molecule has 5 heteroatoms. The first-order chi connectivity index (χ1) is 18.5. The van der Waals surface area contributed by atoms with E-state index in [0.29, 0.717) is 11.8 Å². The SMILES string of the molecule is CCCCCCCCOc1ccc(/C=N\NC(=O)NC23C[C@@H]4C[C@@H](C2)CC(c2ccc(C)cc2)(C4)C3)cc1. The fraction of sp³-hybridized carbons (Fsp3) is 0.576. The molecule has 2 atom stereocenters. The molecule has 0 saturated heterocycles. The van der Waals surface area contributed by atoms with Gasteiger partial charge in [0.2, 0.25) is 0 Å². The van der Waals surface area contributed by atoms with Gasteiger partial charge in [0.25, 0.3) is 0 Å². The normalized spacial score (nSPS) is 27.5. The predicted molar refractivity (Wildman–Crippen MR) is 155 cm³/mol. The van der Waals surface area contributed by atoms with Crippen molar-refractivity contribution in [1.29, 1.82) is 0 Å². The van der Waals surface area contributed by atoms with Gasteiger partial charge in [-0.1, -0.05) is 68.9 Å². The molecular formula is C33H45N3O2. The monoisotopic (exact) mass is 515 g/mol. The maximum absolute atomic E-state index is 12.9. The second kappa shape index (κ2) is 11.9. The number of unbranched alkanes of at least 4 members (excludes halogenated alkanes) is 5. The molecule has 6 rings (SSSR count). The van der Waals surface area contributed by atoms with E-state index < -0.39 is 0 Å². The average Bonchev–Trinajstić information content (AvgIpc) is 2.88. The van der Waals surface area contributed by atoms with Gasteiger partial charge in [-0.3, -0.25) is 0 Å². The van der Waals surface area contributed by atoms with Crippen molar-refractivity contribution < 1.29 is 9.53 Å². The van der Waals surface area contributed by atoms with E-state index in [4.69, 9.17) is 4.74 Å². The Balaban J connectivity index is 1.10. The topological polar surface area (TPSA) is 62.7 Å². The van der Waals surface area contributed by atoms with E-state index in [1.165, 1.54) is 62.5 Å². The third kappa shape index (κ3) is 6.42. The maximum Gasteiger partial charge on any atom is 0.335 e. The highest BCUT2D eigenvalue weighted by molar-refractivity contribution is 5.82. The molecule has 0 heterocycles. The standard InChI is InChI=1S/C33H45N3O2/c1-3-4-5-6-7-8-17-38-30-15-11-26(12-16-30)23-34-36-31(37)35-33-21-27-18-28(22-33)20-32(19-27,24-33)29-13-9-25(2)10-14-29/h9-16,23,27-28H,3-8,17-22,24H2,1-2H3,(H2,35,36,37)/b34-23-/t27-,28-,32?,33?/m1/s1. The summed E-state index contributed by atoms with van der Waals surface area (Å²) in [5.41, 5.74) is 6.51. The van der Waals surface area contributed by atoms with Gasteiger partial charge in [-0.25, -0.2) is 10.2 Å². The third-order valence-electron chi connectivity index (χ3n) is 9.13. The molecule has 0 aliphatic heterocycles. The van der Waals surface area contributed by atoms with Crippen molar-refractivity contribution >= 4 is 12.2 Å². The van der Waals surface area contributed by atoms with Crippen LogP contribution in [0.15, 0.2) is 53.6 Å². The van der Waals surface area contributed by atoms with Gasteiger partial charge in [0.05, 0.1) is 12.8 Å². The summed E-state index contributed by atoms with van der Waals surface area (Å²) < 4.78 is 5.87. The lowest BCUT2D eigenvalue weighted by Gasteiger charge is -2.62. The Labute approximate surface area is 228 Å². The quantitative estimate of drug-likeness (QED) is 0.173. The zero-order chi connectivity index (χ0) is 26.4. The van der Waals surface area contributed by atoms with Crippen LogP contribution in [0.1, 0.15) is 101 Å². The lowest BCUT2D eigenvalue weighted by molar-refractivity contribution is -0.0349. The van der Waals surface area contributed by atoms with E-state index in [-0.39, 0.29) is 17.0 Å². The van der Waals surface area contributed by atoms with Crippen LogP contribution in [0.3, 0.4) is 0 Å². The fourth-order valence-corrected chi connectivity index (χ4v) is 7.81. The van der Waals surface area contributed by atoms with Crippen LogP contribution in [0, 0.1) is 18.8 Å². The lowest BCUT2D eigenvalue weighted by atomic mass is 9.45. The molecule has 2 aromatic carbocycles. The number of carbonyl (C=O) groups excluding carboxylic acids is 1. The Morgan fingerprint density at radius 2 is 1.63 bits per heavy atom. The first kappa shape index (κ1) is 26.8. The molecule has 4 fully saturated rings. The van der Waals surface area contributed by atoms with Crippen LogP contribution in [-0.4, -0.2) is 24.4 Å². The number of hydrazone groups is 1. The number of hydrogen-bond acceptors (Lipinski definition) is 3. The van der Waals surface area contributed by atoms with E-state index in [1.54, 1.807) is 6.21 Å². The van der Waals surface area contributed by atoms with Crippen LogP contribution in [0.2, 0.25) is 0 Å². The molecule has 38 heavy (non-hydrogen) atoms. The molecular weight excluding hydrogens is 470 g/mol. The minimum atomic E-state index is -0.193. The Kier molecular flexibility index (Phi) is 8.40. The summed E-state index contributed by atoms with van der Waals surface area (Å²) in [6.45, 7) is 5.15. The van der Waals surface area contributed by atoms with Crippen molar-refractivity contribution in [3.8, 4) is 5.75 Å². The lowest BCUT2D eigenvalue weighted by Crippen LogP contribution is -2.65. The number of carbonyl (C=O) groups is 1. The fourth-order valence-electron chi connectivity index (χ4n) is 7.81. The van der Waals surface area contributed by atoms with Gasteiger partial charge in [0.15, 0.2) is 0 Å². The van der Waals surface area contributed by atoms with Crippen molar-refractivity contribution in [2.75, 3.05) is 6.61 Å². The van der Waals surface area contributed by atoms with Gasteiger partial charge in [0.1, 0.15) is 5.75 Å². The number of urea groups is 1. The van der Waals surface area contributed by atoms with E-state index in [2.05, 4.69) is 54.0 Å². The molecule has 0 aromatic heterocycles. The summed E-state index contributed by atoms with van der Waals surface area (Å²) in [6.07, 6.45) is 16.3. The van der Waals surface area contributed by atoms with Gasteiger partial charge >= 0.3 is 6.03 Å². The highest BCUT2D eigenvalue weighted by Gasteiger charge is 2.58. The van der Waals surface area contributed by atoms with E-state index in [9.17, 15) is 4.79 Å². The van der Waals surface area contributed by atoms with Crippen LogP contribution in [-0.2, 0) is 5.41 Å². The summed E-state index contributed by atoms with van der Waals surface area (Å²) in [5.74, 6) is 2.28. The minimum absolute atomic E-state index is 0.121. The molecule has 0 unspecified atom stereocenters. The van der Waals surface area contributed by atoms with Gasteiger partial charge in [-0.2, -0.15) is 5.10 Å². The zero-order valence-electron chi connectivity index (χ0n) is 23.3. The number of rotatable bonds is 12. The maximum atomic E-state index is 12.9. The number of ether oxygens (including phenoxy) is 1. The van der Waals surface area contributed by atoms with Gasteiger partial charge in [-0.15, -0.1) is 0 Å². The molecule has 204 valence electrons. The van der Waals surface area contributed by atoms with Crippen LogP contribution >= 0.6 is 0 Å². The molecule has 0 spiro atoms. The summed E-state index contributed by atoms with van der Waals surface area (Å²) in [7, 11) is 0. The molecule has 4 saturated carbocycles. The van der Waals surface area contributed by atoms with Crippen LogP contribution in [0.25, 0.3) is 0 Å². The Hall–Kier alpha value is -2.82. The number of hydrogen-bond donors (Lipinski definition) is 2. The number of benzene rings is 2. The first-order valence-corrected chi connectivity index (χ1v) is 14.9. The molecule has 4 aliphatic rings. The Bertz CT molecular complexity index is 1080. The zero-order valence-corrected chi connectivity index (χ0v) is 23.3. The minimum Gasteiger partial charge on any atom is -0.494 e. The van der Waals surface area contributed by atoms with Crippen LogP contribution < -0.4 is 15.5 Å². The van der Waals surface area contributed by atoms with Crippen molar-refractivity contribution in [3.63, 3.8) is 0 Å². The van der Waals surface area contributed by atoms with Crippen molar-refractivity contribution in [1.82, 2.24) is 10.7 Å². The molecule has 0 radical (unpaired) electrons. The van der Waals surface area contributed by atoms with E-state index in [1.807, 2.05) is 24.3 Å². The number of amides is 2. The molecule has 4 aliphatic carbocycles. The Morgan fingerprint density at radius 1 is 0.947 bits per heavy atom. The summed E-state index contributed by atoms with van der Waals surface area (Å²) in [5, 5.41) is 7.62. The highest BCUT2D eigenvalue weighted by Crippen LogP contribution is 2.62. The number of nitrogens with one attached hydrogen (secondary N) is 2. The van der Waals surface area contributed by atoms with Gasteiger partial charge in [0, 0.05) is 5.54 Å². The van der Waals surface area contributed by atoms with Crippen molar-refractivity contribution in [3.05, 3.63) is 65.2 Å². The van der Waals surface area contributed by atoms with Gasteiger partial charge in [-0.05, 0) is 105 Å². The van der Waals surface area contributed by atoms with E-state index in [0.717, 1.165) is 43.6 Å². The Morgan fingerprint density at radius 3 is 2.34 bits per heavy atom. The van der Waals surface area contributed by atoms with E-state index >= 15 is 0 Å². The molecule has 2 N–H and O–H groups in total. The van der Waals surface area contributed by atoms with Crippen molar-refractivity contribution in [2.45, 2.75) is 102 Å². The van der Waals surface area contributed by atoms with Crippen LogP contribution in [0.5, 0.6) is 5.75 Å². The number of nitrogens with zero attached hydrogens (tertiary/aromatic N) is 1. The second-order valence-corrected chi connectivity index (χ2v) is 12.4. The highest BCUT2D eigenvalue weighted by atomic mass is 16.5. The molecule has 2 amide bonds. The summed E-state index contributed by atoms with van der Waals surface area (Å²) >= 11 is 0. The molecule has 4 bridgehead atoms. The first-order valence-electron chi connectivity index (χ1n) is 14.9. The van der Waals surface area contributed by atoms with Crippen molar-refractivity contribution in [2.24, 2.45) is 16.9 Å². The molecule has 2 aromatic rings. The largest absolute Gasteiger partial charge is 0.494 e. The number of aryl methyl sites for hydroxylation is 1. The summed E-state index contributed by atoms with van der Waals surface area (Å²) in [4.78, 5) is 12.9. The average molecular weight is 516 g/mol. The summed E-state index contributed by atoms with van der Waals surface area (Å²) in [6, 6.07) is 16.8. The predicted octanol–water partition coefficient (Wildman–Crippen LogP) is 7.66. The second-order valence-electron chi connectivity index (χ2n) is 12.4. The molecule has 5 nitrogen and oxygen atoms in total. The third-order valence-corrected chi connectivity index (χ3v) is 9.13.